The minimum atomic E-state index is -0.898. The van der Waals surface area contributed by atoms with Crippen LogP contribution in [0.5, 0.6) is 5.88 Å². The van der Waals surface area contributed by atoms with Crippen LogP contribution in [0.3, 0.4) is 0 Å². The van der Waals surface area contributed by atoms with Gasteiger partial charge in [-0.05, 0) is 71.1 Å². The molecule has 8 nitrogen and oxygen atoms in total. The van der Waals surface area contributed by atoms with Crippen molar-refractivity contribution in [2.45, 2.75) is 77.1 Å². The van der Waals surface area contributed by atoms with Crippen molar-refractivity contribution in [2.75, 3.05) is 26.2 Å². The molecule has 0 unspecified atom stereocenters. The first-order chi connectivity index (χ1) is 20.6. The average molecular weight is 585 g/mol. The monoisotopic (exact) mass is 584 g/mol. The van der Waals surface area contributed by atoms with Crippen LogP contribution in [0.2, 0.25) is 0 Å². The summed E-state index contributed by atoms with van der Waals surface area (Å²) in [5.41, 5.74) is 2.19. The fraction of sp³-hybridized carbons (Fsp3) is 0.457. The van der Waals surface area contributed by atoms with Gasteiger partial charge in [0.25, 0.3) is 0 Å². The Kier molecular flexibility index (Phi) is 9.47. The first kappa shape index (κ1) is 30.7. The molecule has 2 aromatic carbocycles. The Balaban J connectivity index is 1.08. The highest BCUT2D eigenvalue weighted by Gasteiger charge is 2.36. The van der Waals surface area contributed by atoms with Crippen molar-refractivity contribution in [3.05, 3.63) is 95.8 Å². The Morgan fingerprint density at radius 2 is 1.53 bits per heavy atom. The summed E-state index contributed by atoms with van der Waals surface area (Å²) < 4.78 is 20.0. The molecule has 1 fully saturated rings. The molecule has 4 aromatic rings. The zero-order chi connectivity index (χ0) is 30.5. The van der Waals surface area contributed by atoms with E-state index in [0.717, 1.165) is 38.9 Å². The van der Waals surface area contributed by atoms with Gasteiger partial charge >= 0.3 is 5.97 Å². The smallest absolute Gasteiger partial charge is 0.318 e. The van der Waals surface area contributed by atoms with Gasteiger partial charge in [0.05, 0.1) is 24.6 Å². The van der Waals surface area contributed by atoms with Crippen molar-refractivity contribution in [1.29, 1.82) is 0 Å². The lowest BCUT2D eigenvalue weighted by atomic mass is 9.90. The molecule has 0 radical (unpaired) electrons. The number of benzene rings is 2. The molecule has 1 aliphatic heterocycles. The highest BCUT2D eigenvalue weighted by molar-refractivity contribution is 5.82. The molecule has 0 N–H and O–H groups in total. The molecule has 1 saturated heterocycles. The van der Waals surface area contributed by atoms with E-state index < -0.39 is 11.0 Å². The number of fused-ring (bicyclic) bond motifs is 1. The second-order valence-corrected chi connectivity index (χ2v) is 12.8. The van der Waals surface area contributed by atoms with Gasteiger partial charge in [-0.2, -0.15) is 0 Å². The number of imidazole rings is 1. The summed E-state index contributed by atoms with van der Waals surface area (Å²) in [5, 5.41) is 4.56. The molecule has 1 aliphatic rings. The molecule has 5 rings (SSSR count). The van der Waals surface area contributed by atoms with Crippen LogP contribution < -0.4 is 4.74 Å². The van der Waals surface area contributed by atoms with E-state index in [2.05, 4.69) is 63.5 Å². The van der Waals surface area contributed by atoms with E-state index in [0.29, 0.717) is 23.8 Å². The second kappa shape index (κ2) is 13.3. The predicted molar refractivity (Wildman–Crippen MR) is 167 cm³/mol. The van der Waals surface area contributed by atoms with Crippen LogP contribution in [0.15, 0.2) is 79.0 Å². The number of piperidine rings is 1. The largest absolute Gasteiger partial charge is 0.477 e. The molecule has 2 aromatic heterocycles. The number of ether oxygens (including phenoxy) is 3. The quantitative estimate of drug-likeness (QED) is 0.149. The molecule has 228 valence electrons. The van der Waals surface area contributed by atoms with Crippen LogP contribution in [-0.4, -0.2) is 63.4 Å². The van der Waals surface area contributed by atoms with Crippen molar-refractivity contribution in [3.8, 4) is 5.88 Å². The van der Waals surface area contributed by atoms with E-state index in [1.807, 2.05) is 58.9 Å². The summed E-state index contributed by atoms with van der Waals surface area (Å²) in [6.07, 6.45) is 4.89. The van der Waals surface area contributed by atoms with Crippen LogP contribution in [0.4, 0.5) is 0 Å². The van der Waals surface area contributed by atoms with Gasteiger partial charge in [-0.15, -0.1) is 5.10 Å². The summed E-state index contributed by atoms with van der Waals surface area (Å²) in [7, 11) is 0. The summed E-state index contributed by atoms with van der Waals surface area (Å²) in [6, 6.07) is 24.7. The number of esters is 1. The van der Waals surface area contributed by atoms with Crippen molar-refractivity contribution >= 4 is 11.6 Å². The van der Waals surface area contributed by atoms with Crippen LogP contribution >= 0.6 is 0 Å². The Labute approximate surface area is 255 Å². The minimum absolute atomic E-state index is 0.0489. The van der Waals surface area contributed by atoms with Gasteiger partial charge in [-0.1, -0.05) is 60.7 Å². The lowest BCUT2D eigenvalue weighted by molar-refractivity contribution is -0.161. The standard InChI is InChI=1S/C35H44N4O4/c1-34(2,3)43-33(40)35(4,5)29-25-39-30(36-29)17-18-31(37-39)41-24-12-21-38-22-19-28(20-23-38)42-32(26-13-8-6-9-14-26)27-15-10-7-11-16-27/h6-11,13-18,25,28,32H,12,19-24H2,1-5H3. The highest BCUT2D eigenvalue weighted by atomic mass is 16.6. The molecule has 0 saturated carbocycles. The molecule has 3 heterocycles. The van der Waals surface area contributed by atoms with E-state index in [-0.39, 0.29) is 18.2 Å². The second-order valence-electron chi connectivity index (χ2n) is 12.8. The fourth-order valence-electron chi connectivity index (χ4n) is 5.28. The van der Waals surface area contributed by atoms with Gasteiger partial charge in [-0.3, -0.25) is 4.79 Å². The molecule has 0 spiro atoms. The molecule has 0 atom stereocenters. The molecule has 0 bridgehead atoms. The first-order valence-electron chi connectivity index (χ1n) is 15.3. The number of hydrogen-bond donors (Lipinski definition) is 0. The van der Waals surface area contributed by atoms with Crippen molar-refractivity contribution < 1.29 is 19.0 Å². The van der Waals surface area contributed by atoms with Crippen LogP contribution in [0.25, 0.3) is 5.65 Å². The number of carbonyl (C=O) groups excluding carboxylic acids is 1. The summed E-state index contributed by atoms with van der Waals surface area (Å²) in [6.45, 7) is 12.8. The number of aromatic nitrogens is 3. The third-order valence-electron chi connectivity index (χ3n) is 7.78. The lowest BCUT2D eigenvalue weighted by Crippen LogP contribution is -2.38. The Bertz CT molecular complexity index is 1430. The minimum Gasteiger partial charge on any atom is -0.477 e. The Morgan fingerprint density at radius 3 is 2.14 bits per heavy atom. The van der Waals surface area contributed by atoms with Gasteiger partial charge < -0.3 is 19.1 Å². The third-order valence-corrected chi connectivity index (χ3v) is 7.78. The summed E-state index contributed by atoms with van der Waals surface area (Å²) in [5.74, 6) is 0.217. The fourth-order valence-corrected chi connectivity index (χ4v) is 5.28. The van der Waals surface area contributed by atoms with E-state index in [1.54, 1.807) is 10.7 Å². The first-order valence-corrected chi connectivity index (χ1v) is 15.3. The molecular weight excluding hydrogens is 540 g/mol. The van der Waals surface area contributed by atoms with Crippen LogP contribution in [0, 0.1) is 0 Å². The number of rotatable bonds is 11. The van der Waals surface area contributed by atoms with E-state index in [4.69, 9.17) is 14.2 Å². The van der Waals surface area contributed by atoms with E-state index in [1.165, 1.54) is 11.1 Å². The van der Waals surface area contributed by atoms with Gasteiger partial charge in [0.15, 0.2) is 5.65 Å². The topological polar surface area (TPSA) is 78.2 Å². The number of nitrogens with zero attached hydrogens (tertiary/aromatic N) is 4. The van der Waals surface area contributed by atoms with Gasteiger partial charge in [0.1, 0.15) is 17.1 Å². The van der Waals surface area contributed by atoms with Crippen LogP contribution in [0.1, 0.15) is 76.8 Å². The molecular formula is C35H44N4O4. The summed E-state index contributed by atoms with van der Waals surface area (Å²) in [4.78, 5) is 19.9. The normalized spacial score (nSPS) is 15.2. The van der Waals surface area contributed by atoms with Gasteiger partial charge in [0.2, 0.25) is 5.88 Å². The highest BCUT2D eigenvalue weighted by Crippen LogP contribution is 2.30. The van der Waals surface area contributed by atoms with Crippen molar-refractivity contribution in [2.24, 2.45) is 0 Å². The van der Waals surface area contributed by atoms with Gasteiger partial charge in [0, 0.05) is 25.7 Å². The van der Waals surface area contributed by atoms with Gasteiger partial charge in [-0.25, -0.2) is 9.50 Å². The molecule has 8 heteroatoms. The zero-order valence-corrected chi connectivity index (χ0v) is 26.0. The SMILES string of the molecule is CC(C)(C)OC(=O)C(C)(C)c1cn2nc(OCCCN3CCC(OC(c4ccccc4)c4ccccc4)CC3)ccc2n1. The molecule has 0 amide bonds. The van der Waals surface area contributed by atoms with E-state index >= 15 is 0 Å². The predicted octanol–water partition coefficient (Wildman–Crippen LogP) is 6.39. The number of carbonyl (C=O) groups is 1. The maximum atomic E-state index is 12.8. The number of likely N-dealkylation sites (tertiary alicyclic amines) is 1. The zero-order valence-electron chi connectivity index (χ0n) is 26.0. The van der Waals surface area contributed by atoms with Crippen molar-refractivity contribution in [3.63, 3.8) is 0 Å². The Morgan fingerprint density at radius 1 is 0.907 bits per heavy atom. The molecule has 0 aliphatic carbocycles. The molecule has 43 heavy (non-hydrogen) atoms. The maximum absolute atomic E-state index is 12.8. The third kappa shape index (κ3) is 8.00. The lowest BCUT2D eigenvalue weighted by Gasteiger charge is -2.34. The van der Waals surface area contributed by atoms with Crippen LogP contribution in [-0.2, 0) is 19.7 Å². The van der Waals surface area contributed by atoms with E-state index in [9.17, 15) is 4.79 Å². The number of hydrogen-bond acceptors (Lipinski definition) is 7. The summed E-state index contributed by atoms with van der Waals surface area (Å²) >= 11 is 0. The Hall–Kier alpha value is -3.75. The maximum Gasteiger partial charge on any atom is 0.318 e. The van der Waals surface area contributed by atoms with Crippen molar-refractivity contribution in [1.82, 2.24) is 19.5 Å². The average Bonchev–Trinajstić information content (AvgIpc) is 3.43.